The molecule has 2 aliphatic rings. The van der Waals surface area contributed by atoms with Crippen LogP contribution in [0.4, 0.5) is 0 Å². The first-order valence-electron chi connectivity index (χ1n) is 9.07. The smallest absolute Gasteiger partial charge is 0.266 e. The van der Waals surface area contributed by atoms with Gasteiger partial charge in [0.1, 0.15) is 15.5 Å². The van der Waals surface area contributed by atoms with Gasteiger partial charge in [0.05, 0.1) is 36.5 Å². The SMILES string of the molecule is COC[C@@H]1C[C@@H](N2Cc3nc(-c4cccn5ccnc45)sc3C2=O)CN1C#N. The first-order valence-corrected chi connectivity index (χ1v) is 9.89. The highest BCUT2D eigenvalue weighted by Gasteiger charge is 2.42. The van der Waals surface area contributed by atoms with Gasteiger partial charge < -0.3 is 18.9 Å². The highest BCUT2D eigenvalue weighted by atomic mass is 32.1. The maximum absolute atomic E-state index is 13.0. The number of hydrogen-bond acceptors (Lipinski definition) is 7. The van der Waals surface area contributed by atoms with Gasteiger partial charge in [-0.1, -0.05) is 0 Å². The van der Waals surface area contributed by atoms with Crippen LogP contribution in [0.1, 0.15) is 21.8 Å². The molecule has 1 fully saturated rings. The Labute approximate surface area is 165 Å². The van der Waals surface area contributed by atoms with E-state index in [2.05, 4.69) is 11.2 Å². The quantitative estimate of drug-likeness (QED) is 0.629. The second-order valence-electron chi connectivity index (χ2n) is 7.06. The van der Waals surface area contributed by atoms with Crippen molar-refractivity contribution in [3.8, 4) is 16.8 Å². The first kappa shape index (κ1) is 17.2. The van der Waals surface area contributed by atoms with Gasteiger partial charge in [0, 0.05) is 32.2 Å². The highest BCUT2D eigenvalue weighted by molar-refractivity contribution is 7.17. The molecule has 28 heavy (non-hydrogen) atoms. The van der Waals surface area contributed by atoms with Gasteiger partial charge >= 0.3 is 0 Å². The van der Waals surface area contributed by atoms with Gasteiger partial charge in [0.2, 0.25) is 0 Å². The molecular weight excluding hydrogens is 376 g/mol. The minimum absolute atomic E-state index is 0.00729. The van der Waals surface area contributed by atoms with E-state index >= 15 is 0 Å². The van der Waals surface area contributed by atoms with Crippen LogP contribution in [0, 0.1) is 11.5 Å². The van der Waals surface area contributed by atoms with Crippen LogP contribution < -0.4 is 0 Å². The van der Waals surface area contributed by atoms with Crippen molar-refractivity contribution in [1.29, 1.82) is 5.26 Å². The molecule has 5 rings (SSSR count). The number of fused-ring (bicyclic) bond motifs is 2. The molecule has 5 heterocycles. The van der Waals surface area contributed by atoms with Crippen molar-refractivity contribution < 1.29 is 9.53 Å². The Morgan fingerprint density at radius 1 is 1.43 bits per heavy atom. The number of aromatic nitrogens is 3. The highest BCUT2D eigenvalue weighted by Crippen LogP contribution is 2.37. The summed E-state index contributed by atoms with van der Waals surface area (Å²) in [6, 6.07) is 3.96. The molecule has 0 aliphatic carbocycles. The molecular formula is C19H18N6O2S. The molecule has 0 aromatic carbocycles. The fourth-order valence-electron chi connectivity index (χ4n) is 4.11. The van der Waals surface area contributed by atoms with Crippen molar-refractivity contribution in [2.75, 3.05) is 20.3 Å². The van der Waals surface area contributed by atoms with Gasteiger partial charge in [-0.25, -0.2) is 9.97 Å². The maximum atomic E-state index is 13.0. The summed E-state index contributed by atoms with van der Waals surface area (Å²) < 4.78 is 7.17. The lowest BCUT2D eigenvalue weighted by Gasteiger charge is -2.22. The molecule has 2 atom stereocenters. The van der Waals surface area contributed by atoms with Crippen LogP contribution in [0.3, 0.4) is 0 Å². The molecule has 2 aliphatic heterocycles. The van der Waals surface area contributed by atoms with Crippen LogP contribution in [0.25, 0.3) is 16.2 Å². The minimum Gasteiger partial charge on any atom is -0.383 e. The van der Waals surface area contributed by atoms with Crippen molar-refractivity contribution in [3.05, 3.63) is 41.3 Å². The van der Waals surface area contributed by atoms with Crippen LogP contribution in [0.2, 0.25) is 0 Å². The molecule has 0 saturated carbocycles. The van der Waals surface area contributed by atoms with Crippen LogP contribution >= 0.6 is 11.3 Å². The monoisotopic (exact) mass is 394 g/mol. The second kappa shape index (κ2) is 6.58. The van der Waals surface area contributed by atoms with Gasteiger partial charge in [-0.05, 0) is 18.6 Å². The molecule has 3 aromatic rings. The lowest BCUT2D eigenvalue weighted by molar-refractivity contribution is 0.0712. The van der Waals surface area contributed by atoms with Gasteiger partial charge in [0.25, 0.3) is 5.91 Å². The van der Waals surface area contributed by atoms with Crippen molar-refractivity contribution in [3.63, 3.8) is 0 Å². The number of carbonyl (C=O) groups excluding carboxylic acids is 1. The Bertz CT molecular complexity index is 1100. The molecule has 1 amide bonds. The standard InChI is InChI=1S/C19H18N6O2S/c1-27-10-13-7-12(8-24(13)11-20)25-9-15-16(19(25)26)28-18(22-15)14-3-2-5-23-6-4-21-17(14)23/h2-6,12-13H,7-10H2,1H3/t12-,13+/m1/s1. The van der Waals surface area contributed by atoms with E-state index in [1.807, 2.05) is 33.8 Å². The van der Waals surface area contributed by atoms with E-state index in [9.17, 15) is 10.1 Å². The van der Waals surface area contributed by atoms with Crippen molar-refractivity contribution in [2.24, 2.45) is 0 Å². The Kier molecular flexibility index (Phi) is 4.03. The second-order valence-corrected chi connectivity index (χ2v) is 8.06. The molecule has 0 spiro atoms. The van der Waals surface area contributed by atoms with Crippen LogP contribution in [-0.2, 0) is 11.3 Å². The number of likely N-dealkylation sites (tertiary alicyclic amines) is 1. The lowest BCUT2D eigenvalue weighted by atomic mass is 10.1. The lowest BCUT2D eigenvalue weighted by Crippen LogP contribution is -2.37. The van der Waals surface area contributed by atoms with Gasteiger partial charge in [0.15, 0.2) is 6.19 Å². The Morgan fingerprint density at radius 3 is 3.11 bits per heavy atom. The topological polar surface area (TPSA) is 86.8 Å². The predicted molar refractivity (Wildman–Crippen MR) is 103 cm³/mol. The predicted octanol–water partition coefficient (Wildman–Crippen LogP) is 1.98. The van der Waals surface area contributed by atoms with Crippen LogP contribution in [0.15, 0.2) is 30.7 Å². The van der Waals surface area contributed by atoms with Gasteiger partial charge in [-0.3, -0.25) is 4.79 Å². The molecule has 8 nitrogen and oxygen atoms in total. The molecule has 0 radical (unpaired) electrons. The molecule has 142 valence electrons. The average Bonchev–Trinajstić information content (AvgIpc) is 3.45. The van der Waals surface area contributed by atoms with E-state index in [4.69, 9.17) is 9.72 Å². The van der Waals surface area contributed by atoms with Gasteiger partial charge in [-0.15, -0.1) is 11.3 Å². The summed E-state index contributed by atoms with van der Waals surface area (Å²) in [5, 5.41) is 10.2. The largest absolute Gasteiger partial charge is 0.383 e. The molecule has 3 aromatic heterocycles. The van der Waals surface area contributed by atoms with Crippen molar-refractivity contribution in [1.82, 2.24) is 24.2 Å². The zero-order chi connectivity index (χ0) is 19.3. The average molecular weight is 394 g/mol. The number of thiazole rings is 1. The fraction of sp³-hybridized carbons (Fsp3) is 0.368. The third kappa shape index (κ3) is 2.57. The number of imidazole rings is 1. The van der Waals surface area contributed by atoms with E-state index in [0.29, 0.717) is 24.6 Å². The molecule has 0 unspecified atom stereocenters. The fourth-order valence-corrected chi connectivity index (χ4v) is 5.16. The number of nitriles is 1. The molecule has 0 N–H and O–H groups in total. The minimum atomic E-state index is 0.00729. The zero-order valence-electron chi connectivity index (χ0n) is 15.3. The van der Waals surface area contributed by atoms with Crippen LogP contribution in [-0.4, -0.2) is 62.4 Å². The van der Waals surface area contributed by atoms with E-state index in [0.717, 1.165) is 28.3 Å². The number of amides is 1. The summed E-state index contributed by atoms with van der Waals surface area (Å²) in [5.74, 6) is 0.00926. The summed E-state index contributed by atoms with van der Waals surface area (Å²) in [4.78, 5) is 26.5. The third-order valence-corrected chi connectivity index (χ3v) is 6.56. The number of hydrogen-bond donors (Lipinski definition) is 0. The number of nitrogens with zero attached hydrogens (tertiary/aromatic N) is 6. The third-order valence-electron chi connectivity index (χ3n) is 5.44. The first-order chi connectivity index (χ1) is 13.7. The summed E-state index contributed by atoms with van der Waals surface area (Å²) in [6.07, 6.45) is 8.55. The Hall–Kier alpha value is -2.96. The van der Waals surface area contributed by atoms with E-state index < -0.39 is 0 Å². The van der Waals surface area contributed by atoms with Crippen molar-refractivity contribution >= 4 is 22.9 Å². The van der Waals surface area contributed by atoms with Gasteiger partial charge in [-0.2, -0.15) is 5.26 Å². The summed E-state index contributed by atoms with van der Waals surface area (Å²) in [5.41, 5.74) is 2.59. The number of methoxy groups -OCH3 is 1. The number of pyridine rings is 1. The summed E-state index contributed by atoms with van der Waals surface area (Å²) in [7, 11) is 1.63. The van der Waals surface area contributed by atoms with Crippen LogP contribution in [0.5, 0.6) is 0 Å². The van der Waals surface area contributed by atoms with Crippen molar-refractivity contribution in [2.45, 2.75) is 25.0 Å². The normalized spacial score (nSPS) is 21.5. The summed E-state index contributed by atoms with van der Waals surface area (Å²) in [6.45, 7) is 1.53. The maximum Gasteiger partial charge on any atom is 0.266 e. The van der Waals surface area contributed by atoms with E-state index in [-0.39, 0.29) is 18.0 Å². The number of ether oxygens (including phenoxy) is 1. The molecule has 1 saturated heterocycles. The van der Waals surface area contributed by atoms with E-state index in [1.54, 1.807) is 18.2 Å². The summed E-state index contributed by atoms with van der Waals surface area (Å²) >= 11 is 1.42. The number of carbonyl (C=O) groups is 1. The van der Waals surface area contributed by atoms with E-state index in [1.165, 1.54) is 11.3 Å². The Balaban J connectivity index is 1.40. The molecule has 0 bridgehead atoms. The zero-order valence-corrected chi connectivity index (χ0v) is 16.1. The number of rotatable bonds is 4. The Morgan fingerprint density at radius 2 is 2.32 bits per heavy atom. The molecule has 9 heteroatoms.